The summed E-state index contributed by atoms with van der Waals surface area (Å²) in [5.41, 5.74) is 2.36. The van der Waals surface area contributed by atoms with E-state index in [4.69, 9.17) is 4.74 Å². The highest BCUT2D eigenvalue weighted by Crippen LogP contribution is 2.37. The van der Waals surface area contributed by atoms with Gasteiger partial charge in [-0.05, 0) is 25.3 Å². The van der Waals surface area contributed by atoms with E-state index >= 15 is 0 Å². The van der Waals surface area contributed by atoms with Crippen LogP contribution in [0.1, 0.15) is 38.8 Å². The normalized spacial score (nSPS) is 18.2. The van der Waals surface area contributed by atoms with Crippen LogP contribution in [0, 0.1) is 5.92 Å². The minimum Gasteiger partial charge on any atom is -0.487 e. The number of hydrogen-bond donors (Lipinski definition) is 2. The number of fused-ring (bicyclic) bond motifs is 1. The Morgan fingerprint density at radius 2 is 2.11 bits per heavy atom. The van der Waals surface area contributed by atoms with Crippen LogP contribution in [0.5, 0.6) is 5.75 Å². The molecule has 0 aliphatic carbocycles. The number of hydrogen-bond acceptors (Lipinski definition) is 3. The van der Waals surface area contributed by atoms with Gasteiger partial charge in [0.15, 0.2) is 0 Å². The Kier molecular flexibility index (Phi) is 4.16. The van der Waals surface area contributed by atoms with Gasteiger partial charge in [0.05, 0.1) is 6.10 Å². The second-order valence-corrected chi connectivity index (χ2v) is 6.39. The minimum absolute atomic E-state index is 0.101. The SMILES string of the molecule is CC(C)C(O)CNCc1cccc2c1OC(C)(C)C2. The van der Waals surface area contributed by atoms with Crippen LogP contribution in [0.2, 0.25) is 0 Å². The maximum absolute atomic E-state index is 9.79. The first-order valence-corrected chi connectivity index (χ1v) is 7.07. The number of ether oxygens (including phenoxy) is 1. The minimum atomic E-state index is -0.297. The zero-order chi connectivity index (χ0) is 14.0. The van der Waals surface area contributed by atoms with E-state index in [1.807, 2.05) is 13.8 Å². The van der Waals surface area contributed by atoms with E-state index in [1.54, 1.807) is 0 Å². The number of aliphatic hydroxyl groups excluding tert-OH is 1. The van der Waals surface area contributed by atoms with Crippen molar-refractivity contribution in [2.75, 3.05) is 6.54 Å². The molecule has 0 radical (unpaired) electrons. The highest BCUT2D eigenvalue weighted by atomic mass is 16.5. The Hall–Kier alpha value is -1.06. The zero-order valence-corrected chi connectivity index (χ0v) is 12.4. The fourth-order valence-electron chi connectivity index (χ4n) is 2.41. The quantitative estimate of drug-likeness (QED) is 0.857. The molecule has 3 heteroatoms. The average molecular weight is 263 g/mol. The van der Waals surface area contributed by atoms with Gasteiger partial charge in [0.25, 0.3) is 0 Å². The summed E-state index contributed by atoms with van der Waals surface area (Å²) in [7, 11) is 0. The summed E-state index contributed by atoms with van der Waals surface area (Å²) in [5.74, 6) is 1.31. The molecule has 0 bridgehead atoms. The van der Waals surface area contributed by atoms with Crippen molar-refractivity contribution in [1.29, 1.82) is 0 Å². The topological polar surface area (TPSA) is 41.5 Å². The van der Waals surface area contributed by atoms with Crippen LogP contribution >= 0.6 is 0 Å². The number of nitrogens with one attached hydrogen (secondary N) is 1. The van der Waals surface area contributed by atoms with Crippen molar-refractivity contribution in [2.24, 2.45) is 5.92 Å². The Balaban J connectivity index is 1.98. The van der Waals surface area contributed by atoms with Gasteiger partial charge in [-0.1, -0.05) is 32.0 Å². The third-order valence-electron chi connectivity index (χ3n) is 3.61. The zero-order valence-electron chi connectivity index (χ0n) is 12.4. The van der Waals surface area contributed by atoms with E-state index < -0.39 is 0 Å². The molecule has 1 aliphatic rings. The van der Waals surface area contributed by atoms with Crippen molar-refractivity contribution in [2.45, 2.75) is 52.4 Å². The summed E-state index contributed by atoms with van der Waals surface area (Å²) in [6, 6.07) is 6.31. The lowest BCUT2D eigenvalue weighted by atomic mass is 10.0. The molecule has 0 spiro atoms. The van der Waals surface area contributed by atoms with Gasteiger partial charge in [-0.3, -0.25) is 0 Å². The maximum Gasteiger partial charge on any atom is 0.127 e. The number of aliphatic hydroxyl groups is 1. The Bertz CT molecular complexity index is 440. The number of benzene rings is 1. The first-order valence-electron chi connectivity index (χ1n) is 7.07. The standard InChI is InChI=1S/C16H25NO2/c1-11(2)14(18)10-17-9-13-7-5-6-12-8-16(3,4)19-15(12)13/h5-7,11,14,17-18H,8-10H2,1-4H3. The molecule has 1 aromatic carbocycles. The van der Waals surface area contributed by atoms with Gasteiger partial charge in [0, 0.05) is 25.1 Å². The van der Waals surface area contributed by atoms with Gasteiger partial charge < -0.3 is 15.2 Å². The molecule has 0 saturated heterocycles. The maximum atomic E-state index is 9.79. The third-order valence-corrected chi connectivity index (χ3v) is 3.61. The van der Waals surface area contributed by atoms with Gasteiger partial charge >= 0.3 is 0 Å². The molecule has 2 rings (SSSR count). The Morgan fingerprint density at radius 1 is 1.37 bits per heavy atom. The summed E-state index contributed by atoms with van der Waals surface area (Å²) < 4.78 is 6.03. The molecule has 1 unspecified atom stereocenters. The smallest absolute Gasteiger partial charge is 0.127 e. The first-order chi connectivity index (χ1) is 8.89. The molecule has 1 aliphatic heterocycles. The molecule has 1 atom stereocenters. The van der Waals surface area contributed by atoms with Crippen molar-refractivity contribution >= 4 is 0 Å². The Labute approximate surface area is 116 Å². The van der Waals surface area contributed by atoms with Crippen molar-refractivity contribution in [3.8, 4) is 5.75 Å². The van der Waals surface area contributed by atoms with E-state index in [2.05, 4.69) is 37.4 Å². The summed E-state index contributed by atoms with van der Waals surface area (Å²) in [4.78, 5) is 0. The predicted octanol–water partition coefficient (Wildman–Crippen LogP) is 2.51. The second kappa shape index (κ2) is 5.51. The van der Waals surface area contributed by atoms with Gasteiger partial charge in [0.1, 0.15) is 11.4 Å². The molecule has 106 valence electrons. The summed E-state index contributed by atoms with van der Waals surface area (Å²) in [6.45, 7) is 9.64. The van der Waals surface area contributed by atoms with Crippen LogP contribution in [0.25, 0.3) is 0 Å². The molecule has 0 fully saturated rings. The molecule has 0 saturated carbocycles. The van der Waals surface area contributed by atoms with Crippen molar-refractivity contribution in [3.05, 3.63) is 29.3 Å². The van der Waals surface area contributed by atoms with Gasteiger partial charge in [-0.15, -0.1) is 0 Å². The highest BCUT2D eigenvalue weighted by molar-refractivity contribution is 5.45. The second-order valence-electron chi connectivity index (χ2n) is 6.39. The molecule has 19 heavy (non-hydrogen) atoms. The Morgan fingerprint density at radius 3 is 2.79 bits per heavy atom. The number of rotatable bonds is 5. The van der Waals surface area contributed by atoms with Crippen LogP contribution in [0.3, 0.4) is 0 Å². The van der Waals surface area contributed by atoms with E-state index in [0.717, 1.165) is 18.7 Å². The van der Waals surface area contributed by atoms with E-state index in [1.165, 1.54) is 11.1 Å². The van der Waals surface area contributed by atoms with E-state index in [-0.39, 0.29) is 17.6 Å². The van der Waals surface area contributed by atoms with Crippen LogP contribution in [0.15, 0.2) is 18.2 Å². The molecule has 0 amide bonds. The largest absolute Gasteiger partial charge is 0.487 e. The van der Waals surface area contributed by atoms with Gasteiger partial charge in [-0.25, -0.2) is 0 Å². The van der Waals surface area contributed by atoms with Crippen LogP contribution in [0.4, 0.5) is 0 Å². The van der Waals surface area contributed by atoms with Crippen LogP contribution in [-0.4, -0.2) is 23.4 Å². The molecule has 0 aromatic heterocycles. The van der Waals surface area contributed by atoms with Crippen molar-refractivity contribution < 1.29 is 9.84 Å². The van der Waals surface area contributed by atoms with Crippen LogP contribution in [-0.2, 0) is 13.0 Å². The molecule has 1 heterocycles. The van der Waals surface area contributed by atoms with Gasteiger partial charge in [0.2, 0.25) is 0 Å². The van der Waals surface area contributed by atoms with Gasteiger partial charge in [-0.2, -0.15) is 0 Å². The molecular weight excluding hydrogens is 238 g/mol. The third kappa shape index (κ3) is 3.48. The fourth-order valence-corrected chi connectivity index (χ4v) is 2.41. The average Bonchev–Trinajstić information content (AvgIpc) is 2.63. The van der Waals surface area contributed by atoms with Crippen molar-refractivity contribution in [3.63, 3.8) is 0 Å². The highest BCUT2D eigenvalue weighted by Gasteiger charge is 2.31. The summed E-state index contributed by atoms with van der Waals surface area (Å²) >= 11 is 0. The lowest BCUT2D eigenvalue weighted by Crippen LogP contribution is -2.30. The lowest BCUT2D eigenvalue weighted by Gasteiger charge is -2.19. The molecule has 3 nitrogen and oxygen atoms in total. The molecule has 1 aromatic rings. The molecule has 2 N–H and O–H groups in total. The summed E-state index contributed by atoms with van der Waals surface area (Å²) in [6.07, 6.45) is 0.666. The summed E-state index contributed by atoms with van der Waals surface area (Å²) in [5, 5.41) is 13.1. The number of para-hydroxylation sites is 1. The lowest BCUT2D eigenvalue weighted by molar-refractivity contribution is 0.122. The van der Waals surface area contributed by atoms with E-state index in [0.29, 0.717) is 6.54 Å². The van der Waals surface area contributed by atoms with Crippen molar-refractivity contribution in [1.82, 2.24) is 5.32 Å². The van der Waals surface area contributed by atoms with Crippen LogP contribution < -0.4 is 10.1 Å². The first kappa shape index (κ1) is 14.4. The predicted molar refractivity (Wildman–Crippen MR) is 77.4 cm³/mol. The van der Waals surface area contributed by atoms with E-state index in [9.17, 15) is 5.11 Å². The fraction of sp³-hybridized carbons (Fsp3) is 0.625. The monoisotopic (exact) mass is 263 g/mol. The molecular formula is C16H25NO2.